The highest BCUT2D eigenvalue weighted by atomic mass is 79.9. The number of aromatic nitrogens is 2. The van der Waals surface area contributed by atoms with Crippen LogP contribution in [0.1, 0.15) is 33.6 Å². The summed E-state index contributed by atoms with van der Waals surface area (Å²) in [5.41, 5.74) is 0.799. The first-order valence-corrected chi connectivity index (χ1v) is 10.2. The molecule has 0 radical (unpaired) electrons. The lowest BCUT2D eigenvalue weighted by Gasteiger charge is -2.54. The number of nitrogens with zero attached hydrogens (tertiary/aromatic N) is 4. The monoisotopic (exact) mass is 432 g/mol. The standard InChI is InChI=1S/C20H25BrN4O2/c1-19(2,3)27-18(26)24-8-6-20(7-9-24)11-25(12-20)17-15-10-14(21)4-5-16(15)22-13-23-17/h4-5,10,13H,6-9,11-12H2,1-3H3. The molecule has 3 heterocycles. The summed E-state index contributed by atoms with van der Waals surface area (Å²) in [7, 11) is 0. The van der Waals surface area contributed by atoms with Crippen LogP contribution < -0.4 is 4.90 Å². The molecule has 0 saturated carbocycles. The molecule has 1 amide bonds. The lowest BCUT2D eigenvalue weighted by molar-refractivity contribution is 0.00593. The van der Waals surface area contributed by atoms with Crippen molar-refractivity contribution < 1.29 is 9.53 Å². The Balaban J connectivity index is 1.41. The molecule has 0 aliphatic carbocycles. The van der Waals surface area contributed by atoms with Gasteiger partial charge in [0, 0.05) is 41.5 Å². The quantitative estimate of drug-likeness (QED) is 0.674. The van der Waals surface area contributed by atoms with Crippen LogP contribution in [0.5, 0.6) is 0 Å². The number of ether oxygens (including phenoxy) is 1. The number of anilines is 1. The second-order valence-corrected chi connectivity index (χ2v) is 9.60. The lowest BCUT2D eigenvalue weighted by Crippen LogP contribution is -2.61. The van der Waals surface area contributed by atoms with E-state index in [1.54, 1.807) is 6.33 Å². The number of halogens is 1. The minimum atomic E-state index is -0.443. The fraction of sp³-hybridized carbons (Fsp3) is 0.550. The summed E-state index contributed by atoms with van der Waals surface area (Å²) in [4.78, 5) is 25.4. The topological polar surface area (TPSA) is 58.6 Å². The Hall–Kier alpha value is -1.89. The van der Waals surface area contributed by atoms with Crippen LogP contribution >= 0.6 is 15.9 Å². The van der Waals surface area contributed by atoms with Crippen molar-refractivity contribution in [2.24, 2.45) is 5.41 Å². The summed E-state index contributed by atoms with van der Waals surface area (Å²) in [6, 6.07) is 6.10. The van der Waals surface area contributed by atoms with Gasteiger partial charge in [-0.15, -0.1) is 0 Å². The number of rotatable bonds is 1. The number of amides is 1. The van der Waals surface area contributed by atoms with Gasteiger partial charge in [0.05, 0.1) is 5.52 Å². The van der Waals surface area contributed by atoms with Crippen LogP contribution in [0, 0.1) is 5.41 Å². The molecule has 2 aliphatic heterocycles. The highest BCUT2D eigenvalue weighted by Gasteiger charge is 2.46. The molecule has 0 bridgehead atoms. The van der Waals surface area contributed by atoms with E-state index < -0.39 is 5.60 Å². The number of likely N-dealkylation sites (tertiary alicyclic amines) is 1. The van der Waals surface area contributed by atoms with Gasteiger partial charge in [-0.3, -0.25) is 0 Å². The Labute approximate surface area is 168 Å². The third-order valence-electron chi connectivity index (χ3n) is 5.40. The number of carbonyl (C=O) groups excluding carboxylic acids is 1. The first kappa shape index (κ1) is 18.5. The average molecular weight is 433 g/mol. The maximum atomic E-state index is 12.3. The van der Waals surface area contributed by atoms with E-state index in [2.05, 4.69) is 36.9 Å². The normalized spacial score (nSPS) is 19.3. The Kier molecular flexibility index (Phi) is 4.53. The lowest BCUT2D eigenvalue weighted by atomic mass is 9.72. The summed E-state index contributed by atoms with van der Waals surface area (Å²) in [6.45, 7) is 9.21. The second-order valence-electron chi connectivity index (χ2n) is 8.68. The minimum absolute atomic E-state index is 0.194. The van der Waals surface area contributed by atoms with Crippen LogP contribution in [0.3, 0.4) is 0 Å². The third-order valence-corrected chi connectivity index (χ3v) is 5.90. The molecule has 0 atom stereocenters. The SMILES string of the molecule is CC(C)(C)OC(=O)N1CCC2(CC1)CN(c1ncnc3ccc(Br)cc13)C2. The van der Waals surface area contributed by atoms with Crippen LogP contribution in [-0.4, -0.2) is 52.7 Å². The molecule has 1 aromatic heterocycles. The maximum Gasteiger partial charge on any atom is 0.410 e. The molecule has 27 heavy (non-hydrogen) atoms. The van der Waals surface area contributed by atoms with Gasteiger partial charge in [-0.1, -0.05) is 15.9 Å². The maximum absolute atomic E-state index is 12.3. The van der Waals surface area contributed by atoms with Crippen molar-refractivity contribution in [3.8, 4) is 0 Å². The van der Waals surface area contributed by atoms with Gasteiger partial charge in [0.25, 0.3) is 0 Å². The van der Waals surface area contributed by atoms with Crippen molar-refractivity contribution in [1.29, 1.82) is 0 Å². The fourth-order valence-corrected chi connectivity index (χ4v) is 4.35. The molecule has 2 aliphatic rings. The van der Waals surface area contributed by atoms with Gasteiger partial charge >= 0.3 is 6.09 Å². The Morgan fingerprint density at radius 3 is 2.56 bits per heavy atom. The second kappa shape index (κ2) is 6.62. The molecule has 2 aromatic rings. The zero-order chi connectivity index (χ0) is 19.2. The zero-order valence-electron chi connectivity index (χ0n) is 16.0. The zero-order valence-corrected chi connectivity index (χ0v) is 17.6. The predicted octanol–water partition coefficient (Wildman–Crippen LogP) is 4.23. The number of hydrogen-bond acceptors (Lipinski definition) is 5. The highest BCUT2D eigenvalue weighted by molar-refractivity contribution is 9.10. The molecule has 1 aromatic carbocycles. The molecule has 2 saturated heterocycles. The van der Waals surface area contributed by atoms with Crippen molar-refractivity contribution in [2.45, 2.75) is 39.2 Å². The van der Waals surface area contributed by atoms with Crippen molar-refractivity contribution in [2.75, 3.05) is 31.1 Å². The molecule has 7 heteroatoms. The van der Waals surface area contributed by atoms with E-state index in [4.69, 9.17) is 4.74 Å². The molecule has 0 N–H and O–H groups in total. The molecular weight excluding hydrogens is 408 g/mol. The largest absolute Gasteiger partial charge is 0.444 e. The van der Waals surface area contributed by atoms with Crippen molar-refractivity contribution in [3.63, 3.8) is 0 Å². The van der Waals surface area contributed by atoms with E-state index in [0.717, 1.165) is 60.2 Å². The first-order chi connectivity index (χ1) is 12.7. The third kappa shape index (κ3) is 3.74. The summed E-state index contributed by atoms with van der Waals surface area (Å²) in [6.07, 6.45) is 3.47. The Bertz CT molecular complexity index is 864. The number of fused-ring (bicyclic) bond motifs is 1. The van der Waals surface area contributed by atoms with Gasteiger partial charge in [0.2, 0.25) is 0 Å². The fourth-order valence-electron chi connectivity index (χ4n) is 3.99. The number of hydrogen-bond donors (Lipinski definition) is 0. The van der Waals surface area contributed by atoms with Gasteiger partial charge in [0.15, 0.2) is 0 Å². The summed E-state index contributed by atoms with van der Waals surface area (Å²) in [5, 5.41) is 1.08. The van der Waals surface area contributed by atoms with Gasteiger partial charge in [-0.2, -0.15) is 0 Å². The van der Waals surface area contributed by atoms with Crippen LogP contribution in [0.25, 0.3) is 10.9 Å². The molecule has 1 spiro atoms. The summed E-state index contributed by atoms with van der Waals surface area (Å²) >= 11 is 3.54. The van der Waals surface area contributed by atoms with Gasteiger partial charge < -0.3 is 14.5 Å². The molecule has 4 rings (SSSR count). The predicted molar refractivity (Wildman–Crippen MR) is 109 cm³/mol. The van der Waals surface area contributed by atoms with Crippen molar-refractivity contribution in [1.82, 2.24) is 14.9 Å². The van der Waals surface area contributed by atoms with Crippen molar-refractivity contribution in [3.05, 3.63) is 29.0 Å². The summed E-state index contributed by atoms with van der Waals surface area (Å²) in [5.74, 6) is 1.00. The van der Waals surface area contributed by atoms with Gasteiger partial charge in [-0.05, 0) is 51.8 Å². The highest BCUT2D eigenvalue weighted by Crippen LogP contribution is 2.43. The van der Waals surface area contributed by atoms with E-state index >= 15 is 0 Å². The summed E-state index contributed by atoms with van der Waals surface area (Å²) < 4.78 is 6.54. The van der Waals surface area contributed by atoms with Gasteiger partial charge in [0.1, 0.15) is 17.7 Å². The molecule has 0 unspecified atom stereocenters. The molecular formula is C20H25BrN4O2. The van der Waals surface area contributed by atoms with Crippen LogP contribution in [0.2, 0.25) is 0 Å². The van der Waals surface area contributed by atoms with E-state index in [0.29, 0.717) is 0 Å². The molecule has 144 valence electrons. The van der Waals surface area contributed by atoms with E-state index in [1.165, 1.54) is 0 Å². The van der Waals surface area contributed by atoms with Crippen molar-refractivity contribution >= 4 is 38.7 Å². The van der Waals surface area contributed by atoms with Crippen LogP contribution in [0.4, 0.5) is 10.6 Å². The van der Waals surface area contributed by atoms with Crippen LogP contribution in [-0.2, 0) is 4.74 Å². The Morgan fingerprint density at radius 2 is 1.89 bits per heavy atom. The minimum Gasteiger partial charge on any atom is -0.444 e. The molecule has 6 nitrogen and oxygen atoms in total. The van der Waals surface area contributed by atoms with E-state index in [1.807, 2.05) is 37.8 Å². The van der Waals surface area contributed by atoms with E-state index in [-0.39, 0.29) is 11.5 Å². The average Bonchev–Trinajstić information content (AvgIpc) is 2.58. The Morgan fingerprint density at radius 1 is 1.19 bits per heavy atom. The number of benzene rings is 1. The van der Waals surface area contributed by atoms with E-state index in [9.17, 15) is 4.79 Å². The molecule has 2 fully saturated rings. The smallest absolute Gasteiger partial charge is 0.410 e. The number of carbonyl (C=O) groups is 1. The first-order valence-electron chi connectivity index (χ1n) is 9.38. The number of piperidine rings is 1. The van der Waals surface area contributed by atoms with Crippen LogP contribution in [0.15, 0.2) is 29.0 Å². The van der Waals surface area contributed by atoms with Gasteiger partial charge in [-0.25, -0.2) is 14.8 Å².